The van der Waals surface area contributed by atoms with Gasteiger partial charge in [-0.15, -0.1) is 0 Å². The number of ether oxygens (including phenoxy) is 1. The minimum Gasteiger partial charge on any atom is -0.373 e. The summed E-state index contributed by atoms with van der Waals surface area (Å²) in [6, 6.07) is 8.21. The summed E-state index contributed by atoms with van der Waals surface area (Å²) in [5, 5.41) is 0. The Hall–Kier alpha value is -1.06. The van der Waals surface area contributed by atoms with E-state index in [4.69, 9.17) is 10.6 Å². The molecule has 108 valence electrons. The Balaban J connectivity index is 1.42. The van der Waals surface area contributed by atoms with Gasteiger partial charge < -0.3 is 10.2 Å². The second kappa shape index (κ2) is 5.05. The third-order valence-corrected chi connectivity index (χ3v) is 5.68. The lowest BCUT2D eigenvalue weighted by Crippen LogP contribution is -2.49. The second-order valence-corrected chi connectivity index (χ2v) is 7.05. The molecule has 3 nitrogen and oxygen atoms in total. The summed E-state index contributed by atoms with van der Waals surface area (Å²) in [5.41, 5.74) is 4.87. The lowest BCUT2D eigenvalue weighted by molar-refractivity contribution is -0.131. The van der Waals surface area contributed by atoms with Crippen LogP contribution in [0.3, 0.4) is 0 Å². The van der Waals surface area contributed by atoms with Crippen LogP contribution in [0, 0.1) is 23.7 Å². The number of hydrazine groups is 1. The maximum Gasteiger partial charge on any atom is 0.0721 e. The first-order valence-corrected chi connectivity index (χ1v) is 7.99. The van der Waals surface area contributed by atoms with E-state index < -0.39 is 0 Å². The third-order valence-electron chi connectivity index (χ3n) is 5.68. The van der Waals surface area contributed by atoms with E-state index in [9.17, 15) is 0 Å². The van der Waals surface area contributed by atoms with Gasteiger partial charge in [-0.3, -0.25) is 5.84 Å². The molecule has 20 heavy (non-hydrogen) atoms. The van der Waals surface area contributed by atoms with Gasteiger partial charge in [0.15, 0.2) is 0 Å². The monoisotopic (exact) mass is 272 g/mol. The van der Waals surface area contributed by atoms with Crippen LogP contribution in [0.15, 0.2) is 24.3 Å². The molecule has 4 fully saturated rings. The molecule has 0 radical (unpaired) electrons. The van der Waals surface area contributed by atoms with E-state index in [2.05, 4.69) is 17.6 Å². The van der Waals surface area contributed by atoms with Crippen LogP contribution in [0.25, 0.3) is 0 Å². The summed E-state index contributed by atoms with van der Waals surface area (Å²) in [6.07, 6.45) is 7.69. The summed E-state index contributed by atoms with van der Waals surface area (Å²) >= 11 is 0. The standard InChI is InChI=1S/C17H24N2O/c18-19-16-3-1-2-11(9-16)10-20-17-14-5-12-4-13(7-14)8-15(17)6-12/h1-3,9,12-15,17,19H,4-8,10,18H2. The van der Waals surface area contributed by atoms with Gasteiger partial charge in [0.05, 0.1) is 12.7 Å². The number of nitrogens with two attached hydrogens (primary N) is 1. The molecule has 4 bridgehead atoms. The van der Waals surface area contributed by atoms with E-state index >= 15 is 0 Å². The summed E-state index contributed by atoms with van der Waals surface area (Å²) in [6.45, 7) is 0.725. The topological polar surface area (TPSA) is 47.3 Å². The number of anilines is 1. The molecule has 5 rings (SSSR count). The van der Waals surface area contributed by atoms with Crippen LogP contribution in [0.1, 0.15) is 37.7 Å². The number of hydrogen-bond acceptors (Lipinski definition) is 3. The highest BCUT2D eigenvalue weighted by molar-refractivity contribution is 5.44. The van der Waals surface area contributed by atoms with Crippen molar-refractivity contribution < 1.29 is 4.74 Å². The van der Waals surface area contributed by atoms with Crippen molar-refractivity contribution in [3.05, 3.63) is 29.8 Å². The van der Waals surface area contributed by atoms with Crippen molar-refractivity contribution in [1.29, 1.82) is 0 Å². The molecule has 3 heteroatoms. The van der Waals surface area contributed by atoms with Crippen LogP contribution < -0.4 is 11.3 Å². The smallest absolute Gasteiger partial charge is 0.0721 e. The van der Waals surface area contributed by atoms with E-state index in [1.54, 1.807) is 0 Å². The maximum atomic E-state index is 6.34. The van der Waals surface area contributed by atoms with E-state index in [-0.39, 0.29) is 0 Å². The van der Waals surface area contributed by atoms with E-state index in [1.807, 2.05) is 12.1 Å². The fourth-order valence-electron chi connectivity index (χ4n) is 5.09. The highest BCUT2D eigenvalue weighted by Gasteiger charge is 2.48. The Morgan fingerprint density at radius 2 is 1.75 bits per heavy atom. The minimum atomic E-state index is 0.511. The van der Waals surface area contributed by atoms with E-state index in [0.717, 1.165) is 36.0 Å². The van der Waals surface area contributed by atoms with Gasteiger partial charge in [0.1, 0.15) is 0 Å². The summed E-state index contributed by atoms with van der Waals surface area (Å²) < 4.78 is 6.34. The summed E-state index contributed by atoms with van der Waals surface area (Å²) in [4.78, 5) is 0. The molecule has 0 aromatic heterocycles. The first-order chi connectivity index (χ1) is 9.81. The number of nitrogen functional groups attached to an aromatic ring is 1. The molecule has 1 aromatic rings. The molecule has 0 spiro atoms. The second-order valence-electron chi connectivity index (χ2n) is 7.05. The first kappa shape index (κ1) is 12.7. The van der Waals surface area contributed by atoms with Gasteiger partial charge in [0.25, 0.3) is 0 Å². The van der Waals surface area contributed by atoms with Crippen LogP contribution in [0.4, 0.5) is 5.69 Å². The molecule has 4 aliphatic rings. The number of rotatable bonds is 4. The molecule has 0 atom stereocenters. The highest BCUT2D eigenvalue weighted by Crippen LogP contribution is 2.54. The normalized spacial score (nSPS) is 38.1. The Kier molecular flexibility index (Phi) is 3.20. The quantitative estimate of drug-likeness (QED) is 0.653. The fraction of sp³-hybridized carbons (Fsp3) is 0.647. The molecule has 0 unspecified atom stereocenters. The molecule has 0 saturated heterocycles. The lowest BCUT2D eigenvalue weighted by Gasteiger charge is -2.54. The molecule has 4 saturated carbocycles. The van der Waals surface area contributed by atoms with Gasteiger partial charge in [-0.05, 0) is 73.5 Å². The van der Waals surface area contributed by atoms with Gasteiger partial charge in [0.2, 0.25) is 0 Å². The Bertz CT molecular complexity index is 460. The molecule has 0 amide bonds. The van der Waals surface area contributed by atoms with Gasteiger partial charge in [-0.25, -0.2) is 0 Å². The van der Waals surface area contributed by atoms with E-state index in [1.165, 1.54) is 37.7 Å². The summed E-state index contributed by atoms with van der Waals surface area (Å²) in [7, 11) is 0. The average Bonchev–Trinajstić information content (AvgIpc) is 2.46. The van der Waals surface area contributed by atoms with Gasteiger partial charge in [-0.2, -0.15) is 0 Å². The number of benzene rings is 1. The van der Waals surface area contributed by atoms with Crippen molar-refractivity contribution in [1.82, 2.24) is 0 Å². The van der Waals surface area contributed by atoms with Crippen LogP contribution in [0.5, 0.6) is 0 Å². The Morgan fingerprint density at radius 1 is 1.05 bits per heavy atom. The summed E-state index contributed by atoms with van der Waals surface area (Å²) in [5.74, 6) is 9.16. The average molecular weight is 272 g/mol. The van der Waals surface area contributed by atoms with Crippen molar-refractivity contribution in [2.45, 2.75) is 44.8 Å². The van der Waals surface area contributed by atoms with Gasteiger partial charge in [0, 0.05) is 5.69 Å². The minimum absolute atomic E-state index is 0.511. The largest absolute Gasteiger partial charge is 0.373 e. The van der Waals surface area contributed by atoms with Crippen molar-refractivity contribution in [3.63, 3.8) is 0 Å². The molecule has 0 aliphatic heterocycles. The van der Waals surface area contributed by atoms with Crippen molar-refractivity contribution in [2.24, 2.45) is 29.5 Å². The fourth-order valence-corrected chi connectivity index (χ4v) is 5.09. The predicted molar refractivity (Wildman–Crippen MR) is 79.9 cm³/mol. The van der Waals surface area contributed by atoms with Crippen LogP contribution >= 0.6 is 0 Å². The van der Waals surface area contributed by atoms with Crippen molar-refractivity contribution in [3.8, 4) is 0 Å². The van der Waals surface area contributed by atoms with Crippen LogP contribution in [-0.4, -0.2) is 6.10 Å². The molecule has 1 aromatic carbocycles. The van der Waals surface area contributed by atoms with Crippen molar-refractivity contribution >= 4 is 5.69 Å². The van der Waals surface area contributed by atoms with Crippen LogP contribution in [0.2, 0.25) is 0 Å². The Morgan fingerprint density at radius 3 is 2.40 bits per heavy atom. The molecule has 0 heterocycles. The number of hydrogen-bond donors (Lipinski definition) is 2. The first-order valence-electron chi connectivity index (χ1n) is 7.99. The molecular weight excluding hydrogens is 248 g/mol. The zero-order valence-electron chi connectivity index (χ0n) is 11.9. The molecular formula is C17H24N2O. The zero-order valence-corrected chi connectivity index (χ0v) is 11.9. The predicted octanol–water partition coefficient (Wildman–Crippen LogP) is 3.31. The Labute approximate surface area is 120 Å². The molecule has 4 aliphatic carbocycles. The SMILES string of the molecule is NNc1cccc(COC2C3CC4CC(C3)CC2C4)c1. The zero-order chi connectivity index (χ0) is 13.5. The van der Waals surface area contributed by atoms with Gasteiger partial charge >= 0.3 is 0 Å². The van der Waals surface area contributed by atoms with E-state index in [0.29, 0.717) is 6.10 Å². The highest BCUT2D eigenvalue weighted by atomic mass is 16.5. The van der Waals surface area contributed by atoms with Crippen molar-refractivity contribution in [2.75, 3.05) is 5.43 Å². The molecule has 3 N–H and O–H groups in total. The third kappa shape index (κ3) is 2.23. The lowest BCUT2D eigenvalue weighted by atomic mass is 9.55. The van der Waals surface area contributed by atoms with Gasteiger partial charge in [-0.1, -0.05) is 12.1 Å². The maximum absolute atomic E-state index is 6.34. The van der Waals surface area contributed by atoms with Crippen LogP contribution in [-0.2, 0) is 11.3 Å². The number of nitrogens with one attached hydrogen (secondary N) is 1.